The van der Waals surface area contributed by atoms with Crippen LogP contribution in [-0.4, -0.2) is 75.0 Å². The molecule has 0 bridgehead atoms. The van der Waals surface area contributed by atoms with Crippen molar-refractivity contribution in [3.05, 3.63) is 29.3 Å². The van der Waals surface area contributed by atoms with Gasteiger partial charge >= 0.3 is 5.97 Å². The second kappa shape index (κ2) is 8.59. The molecule has 0 N–H and O–H groups in total. The lowest BCUT2D eigenvalue weighted by molar-refractivity contribution is -0.160. The Morgan fingerprint density at radius 1 is 1.18 bits per heavy atom. The van der Waals surface area contributed by atoms with Crippen molar-refractivity contribution in [2.24, 2.45) is 0 Å². The Kier molecular flexibility index (Phi) is 6.36. The normalized spacial score (nSPS) is 20.9. The number of piperazine rings is 1. The minimum Gasteiger partial charge on any atom is -0.454 e. The number of nitrogens with zero attached hydrogens (tertiary/aromatic N) is 2. The molecule has 1 amide bonds. The summed E-state index contributed by atoms with van der Waals surface area (Å²) in [6.07, 6.45) is 0.847. The Morgan fingerprint density at radius 3 is 2.54 bits per heavy atom. The van der Waals surface area contributed by atoms with Crippen LogP contribution in [0, 0.1) is 13.8 Å². The highest BCUT2D eigenvalue weighted by Crippen LogP contribution is 2.22. The third kappa shape index (κ3) is 4.53. The summed E-state index contributed by atoms with van der Waals surface area (Å²) in [4.78, 5) is 25.9. The number of sulfonamides is 1. The Bertz CT molecular complexity index is 840. The average Bonchev–Trinajstić information content (AvgIpc) is 3.22. The first-order chi connectivity index (χ1) is 13.3. The Morgan fingerprint density at radius 2 is 1.89 bits per heavy atom. The maximum atomic E-state index is 12.9. The fraction of sp³-hybridized carbons (Fsp3) is 0.579. The van der Waals surface area contributed by atoms with Gasteiger partial charge in [-0.3, -0.25) is 4.79 Å². The number of hydrogen-bond donors (Lipinski definition) is 0. The number of hydrogen-bond acceptors (Lipinski definition) is 6. The van der Waals surface area contributed by atoms with Crippen molar-refractivity contribution in [2.45, 2.75) is 37.7 Å². The van der Waals surface area contributed by atoms with Gasteiger partial charge in [-0.15, -0.1) is 0 Å². The molecular weight excluding hydrogens is 384 g/mol. The van der Waals surface area contributed by atoms with E-state index >= 15 is 0 Å². The van der Waals surface area contributed by atoms with E-state index in [9.17, 15) is 18.0 Å². The third-order valence-corrected chi connectivity index (χ3v) is 7.12. The van der Waals surface area contributed by atoms with Gasteiger partial charge in [-0.05, 0) is 43.9 Å². The first-order valence-electron chi connectivity index (χ1n) is 9.42. The molecule has 1 aromatic carbocycles. The molecule has 2 fully saturated rings. The van der Waals surface area contributed by atoms with Gasteiger partial charge in [0.1, 0.15) is 0 Å². The summed E-state index contributed by atoms with van der Waals surface area (Å²) in [6, 6.07) is 5.35. The molecule has 0 aromatic heterocycles. The van der Waals surface area contributed by atoms with Crippen LogP contribution < -0.4 is 0 Å². The van der Waals surface area contributed by atoms with Crippen LogP contribution in [0.15, 0.2) is 23.1 Å². The van der Waals surface area contributed by atoms with Crippen LogP contribution in [0.25, 0.3) is 0 Å². The number of ether oxygens (including phenoxy) is 2. The van der Waals surface area contributed by atoms with Crippen LogP contribution in [0.4, 0.5) is 0 Å². The van der Waals surface area contributed by atoms with Crippen LogP contribution in [0.5, 0.6) is 0 Å². The average molecular weight is 410 g/mol. The summed E-state index contributed by atoms with van der Waals surface area (Å²) in [5.41, 5.74) is 1.58. The summed E-state index contributed by atoms with van der Waals surface area (Å²) in [7, 11) is -3.61. The van der Waals surface area contributed by atoms with Crippen molar-refractivity contribution in [1.29, 1.82) is 0 Å². The molecule has 1 aromatic rings. The van der Waals surface area contributed by atoms with E-state index in [1.807, 2.05) is 13.0 Å². The van der Waals surface area contributed by atoms with Crippen molar-refractivity contribution < 1.29 is 27.5 Å². The first-order valence-corrected chi connectivity index (χ1v) is 10.9. The van der Waals surface area contributed by atoms with E-state index < -0.39 is 22.1 Å². The number of esters is 1. The van der Waals surface area contributed by atoms with E-state index in [1.54, 1.807) is 19.1 Å². The van der Waals surface area contributed by atoms with Crippen molar-refractivity contribution in [3.63, 3.8) is 0 Å². The molecule has 154 valence electrons. The first kappa shape index (κ1) is 20.8. The monoisotopic (exact) mass is 410 g/mol. The van der Waals surface area contributed by atoms with Crippen LogP contribution in [0.1, 0.15) is 24.0 Å². The van der Waals surface area contributed by atoms with E-state index in [0.29, 0.717) is 23.5 Å². The molecule has 0 saturated carbocycles. The van der Waals surface area contributed by atoms with Gasteiger partial charge in [0.2, 0.25) is 10.0 Å². The number of amides is 1. The molecule has 2 aliphatic rings. The molecule has 28 heavy (non-hydrogen) atoms. The molecule has 1 atom stereocenters. The molecule has 0 spiro atoms. The van der Waals surface area contributed by atoms with E-state index in [0.717, 1.165) is 12.0 Å². The smallest absolute Gasteiger partial charge is 0.335 e. The standard InChI is InChI=1S/C19H26N2O6S/c1-14-5-6-15(2)17(12-14)28(24,25)21-9-7-20(8-10-21)18(22)13-27-19(23)16-4-3-11-26-16/h5-6,12,16H,3-4,7-11,13H2,1-2H3/t16-/m1/s1. The van der Waals surface area contributed by atoms with Gasteiger partial charge in [0.05, 0.1) is 4.90 Å². The molecule has 3 rings (SSSR count). The highest BCUT2D eigenvalue weighted by Gasteiger charge is 2.32. The fourth-order valence-corrected chi connectivity index (χ4v) is 5.11. The van der Waals surface area contributed by atoms with Gasteiger partial charge < -0.3 is 14.4 Å². The second-order valence-corrected chi connectivity index (χ2v) is 9.07. The van der Waals surface area contributed by atoms with Gasteiger partial charge in [-0.1, -0.05) is 12.1 Å². The summed E-state index contributed by atoms with van der Waals surface area (Å²) in [5, 5.41) is 0. The van der Waals surface area contributed by atoms with E-state index in [1.165, 1.54) is 9.21 Å². The SMILES string of the molecule is Cc1ccc(C)c(S(=O)(=O)N2CCN(C(=O)COC(=O)[C@H]3CCCO3)CC2)c1. The topological polar surface area (TPSA) is 93.2 Å². The largest absolute Gasteiger partial charge is 0.454 e. The number of carbonyl (C=O) groups excluding carboxylic acids is 2. The molecule has 9 heteroatoms. The number of benzene rings is 1. The molecule has 0 radical (unpaired) electrons. The van der Waals surface area contributed by atoms with Crippen LogP contribution in [-0.2, 0) is 29.1 Å². The van der Waals surface area contributed by atoms with E-state index in [-0.39, 0.29) is 38.7 Å². The highest BCUT2D eigenvalue weighted by molar-refractivity contribution is 7.89. The van der Waals surface area contributed by atoms with Crippen molar-refractivity contribution in [3.8, 4) is 0 Å². The number of rotatable bonds is 5. The van der Waals surface area contributed by atoms with Crippen molar-refractivity contribution >= 4 is 21.9 Å². The molecule has 0 aliphatic carbocycles. The molecular formula is C19H26N2O6S. The lowest BCUT2D eigenvalue weighted by Gasteiger charge is -2.34. The molecule has 0 unspecified atom stereocenters. The van der Waals surface area contributed by atoms with Crippen molar-refractivity contribution in [2.75, 3.05) is 39.4 Å². The van der Waals surface area contributed by atoms with Gasteiger partial charge in [0.25, 0.3) is 5.91 Å². The lowest BCUT2D eigenvalue weighted by Crippen LogP contribution is -2.51. The molecule has 2 aliphatic heterocycles. The number of carbonyl (C=O) groups is 2. The summed E-state index contributed by atoms with van der Waals surface area (Å²) in [5.74, 6) is -0.836. The minimum atomic E-state index is -3.61. The molecule has 2 heterocycles. The maximum Gasteiger partial charge on any atom is 0.335 e. The van der Waals surface area contributed by atoms with Crippen LogP contribution in [0.3, 0.4) is 0 Å². The van der Waals surface area contributed by atoms with Gasteiger partial charge in [0, 0.05) is 32.8 Å². The zero-order valence-corrected chi connectivity index (χ0v) is 17.0. The van der Waals surface area contributed by atoms with Crippen LogP contribution in [0.2, 0.25) is 0 Å². The third-order valence-electron chi connectivity index (χ3n) is 5.08. The Hall–Kier alpha value is -1.97. The zero-order valence-electron chi connectivity index (χ0n) is 16.2. The second-order valence-electron chi connectivity index (χ2n) is 7.16. The lowest BCUT2D eigenvalue weighted by atomic mass is 10.2. The fourth-order valence-electron chi connectivity index (χ4n) is 3.38. The van der Waals surface area contributed by atoms with Crippen LogP contribution >= 0.6 is 0 Å². The van der Waals surface area contributed by atoms with E-state index in [4.69, 9.17) is 9.47 Å². The summed E-state index contributed by atoms with van der Waals surface area (Å²) >= 11 is 0. The molecule has 2 saturated heterocycles. The van der Waals surface area contributed by atoms with Crippen molar-refractivity contribution in [1.82, 2.24) is 9.21 Å². The maximum absolute atomic E-state index is 12.9. The van der Waals surface area contributed by atoms with Gasteiger partial charge in [0.15, 0.2) is 12.7 Å². The zero-order chi connectivity index (χ0) is 20.3. The summed E-state index contributed by atoms with van der Waals surface area (Å²) in [6.45, 7) is 4.76. The highest BCUT2D eigenvalue weighted by atomic mass is 32.2. The van der Waals surface area contributed by atoms with Gasteiger partial charge in [-0.25, -0.2) is 13.2 Å². The van der Waals surface area contributed by atoms with E-state index in [2.05, 4.69) is 0 Å². The predicted molar refractivity (Wildman–Crippen MR) is 101 cm³/mol. The quantitative estimate of drug-likeness (QED) is 0.669. The number of aryl methyl sites for hydroxylation is 2. The predicted octanol–water partition coefficient (Wildman–Crippen LogP) is 0.859. The Balaban J connectivity index is 1.54. The summed E-state index contributed by atoms with van der Waals surface area (Å²) < 4.78 is 37.6. The molecule has 8 nitrogen and oxygen atoms in total. The van der Waals surface area contributed by atoms with Gasteiger partial charge in [-0.2, -0.15) is 4.31 Å². The minimum absolute atomic E-state index is 0.209. The Labute approximate surface area is 165 Å².